The third-order valence-electron chi connectivity index (χ3n) is 1.64. The summed E-state index contributed by atoms with van der Waals surface area (Å²) in [6.07, 6.45) is 1.89. The van der Waals surface area contributed by atoms with Crippen LogP contribution in [-0.4, -0.2) is 21.9 Å². The van der Waals surface area contributed by atoms with Crippen LogP contribution in [0.15, 0.2) is 12.0 Å². The Morgan fingerprint density at radius 1 is 1.80 bits per heavy atom. The molecule has 0 saturated carbocycles. The number of hydrogen-bond donors (Lipinski definition) is 0. The first-order valence-corrected chi connectivity index (χ1v) is 4.11. The minimum Gasteiger partial charge on any atom is -0.303 e. The molecule has 0 spiro atoms. The van der Waals surface area contributed by atoms with Gasteiger partial charge in [-0.3, -0.25) is 4.79 Å². The molecule has 1 saturated heterocycles. The quantitative estimate of drug-likeness (QED) is 0.493. The second-order valence-corrected chi connectivity index (χ2v) is 3.51. The number of hydrogen-bond acceptors (Lipinski definition) is 2. The number of halogens is 1. The maximum atomic E-state index is 12.5. The Morgan fingerprint density at radius 2 is 2.60 bits per heavy atom. The summed E-state index contributed by atoms with van der Waals surface area (Å²) in [5.41, 5.74) is 0. The first kappa shape index (κ1) is 6.22. The van der Waals surface area contributed by atoms with Crippen LogP contribution < -0.4 is 0 Å². The highest BCUT2D eigenvalue weighted by molar-refractivity contribution is 8.00. The van der Waals surface area contributed by atoms with Crippen molar-refractivity contribution < 1.29 is 9.18 Å². The third kappa shape index (κ3) is 0.751. The predicted molar refractivity (Wildman–Crippen MR) is 36.9 cm³/mol. The molecule has 1 amide bonds. The number of carbonyl (C=O) groups is 1. The Labute approximate surface area is 62.1 Å². The fourth-order valence-corrected chi connectivity index (χ4v) is 2.09. The van der Waals surface area contributed by atoms with E-state index in [0.717, 1.165) is 0 Å². The van der Waals surface area contributed by atoms with Gasteiger partial charge in [-0.1, -0.05) is 0 Å². The molecule has 0 unspecified atom stereocenters. The molecule has 2 aliphatic heterocycles. The molecule has 54 valence electrons. The van der Waals surface area contributed by atoms with E-state index in [0.29, 0.717) is 12.2 Å². The molecule has 0 aromatic heterocycles. The highest BCUT2D eigenvalue weighted by Crippen LogP contribution is 2.35. The van der Waals surface area contributed by atoms with E-state index in [1.54, 1.807) is 0 Å². The van der Waals surface area contributed by atoms with Crippen LogP contribution in [0.1, 0.15) is 6.42 Å². The third-order valence-corrected chi connectivity index (χ3v) is 2.86. The van der Waals surface area contributed by atoms with Crippen molar-refractivity contribution in [3.8, 4) is 0 Å². The molecule has 2 rings (SSSR count). The van der Waals surface area contributed by atoms with Crippen molar-refractivity contribution in [3.63, 3.8) is 0 Å². The normalized spacial score (nSPS) is 30.9. The molecular weight excluding hydrogens is 153 g/mol. The summed E-state index contributed by atoms with van der Waals surface area (Å²) in [5, 5.41) is 0.229. The standard InChI is InChI=1S/C6H6FNOS/c7-4-2-8-5(9)1-6(8)10-3-4/h2,6H,1,3H2/t6-/m0/s1. The number of fused-ring (bicyclic) bond motifs is 1. The van der Waals surface area contributed by atoms with E-state index < -0.39 is 0 Å². The van der Waals surface area contributed by atoms with Gasteiger partial charge in [-0.25, -0.2) is 4.39 Å². The number of rotatable bonds is 0. The molecule has 2 aliphatic rings. The summed E-state index contributed by atoms with van der Waals surface area (Å²) in [7, 11) is 0. The summed E-state index contributed by atoms with van der Waals surface area (Å²) in [4.78, 5) is 12.2. The second-order valence-electron chi connectivity index (χ2n) is 2.35. The summed E-state index contributed by atoms with van der Waals surface area (Å²) in [6, 6.07) is 0. The number of nitrogens with zero attached hydrogens (tertiary/aromatic N) is 1. The fourth-order valence-electron chi connectivity index (χ4n) is 1.06. The van der Waals surface area contributed by atoms with E-state index in [-0.39, 0.29) is 17.1 Å². The number of carbonyl (C=O) groups excluding carboxylic acids is 1. The molecule has 2 nitrogen and oxygen atoms in total. The smallest absolute Gasteiger partial charge is 0.230 e. The largest absolute Gasteiger partial charge is 0.303 e. The van der Waals surface area contributed by atoms with Crippen LogP contribution in [0.5, 0.6) is 0 Å². The van der Waals surface area contributed by atoms with Crippen molar-refractivity contribution in [1.29, 1.82) is 0 Å². The molecule has 0 aromatic carbocycles. The van der Waals surface area contributed by atoms with E-state index in [1.807, 2.05) is 0 Å². The minimum atomic E-state index is -0.200. The van der Waals surface area contributed by atoms with Crippen LogP contribution in [0.4, 0.5) is 4.39 Å². The van der Waals surface area contributed by atoms with Gasteiger partial charge in [0, 0.05) is 12.0 Å². The highest BCUT2D eigenvalue weighted by atomic mass is 32.2. The summed E-state index contributed by atoms with van der Waals surface area (Å²) < 4.78 is 12.5. The Kier molecular flexibility index (Phi) is 1.23. The first-order valence-electron chi connectivity index (χ1n) is 3.06. The molecule has 0 N–H and O–H groups in total. The Hall–Kier alpha value is -0.510. The van der Waals surface area contributed by atoms with Gasteiger partial charge in [0.15, 0.2) is 0 Å². The van der Waals surface area contributed by atoms with Crippen LogP contribution >= 0.6 is 11.8 Å². The Morgan fingerprint density at radius 3 is 3.20 bits per heavy atom. The Bertz CT molecular complexity index is 216. The van der Waals surface area contributed by atoms with Crippen molar-refractivity contribution >= 4 is 17.7 Å². The molecule has 0 aromatic rings. The maximum Gasteiger partial charge on any atom is 0.230 e. The van der Waals surface area contributed by atoms with E-state index in [9.17, 15) is 9.18 Å². The van der Waals surface area contributed by atoms with Gasteiger partial charge in [0.05, 0.1) is 11.8 Å². The van der Waals surface area contributed by atoms with Crippen molar-refractivity contribution in [2.75, 3.05) is 5.75 Å². The van der Waals surface area contributed by atoms with E-state index >= 15 is 0 Å². The predicted octanol–water partition coefficient (Wildman–Crippen LogP) is 1.10. The lowest BCUT2D eigenvalue weighted by Gasteiger charge is -2.39. The van der Waals surface area contributed by atoms with E-state index in [1.165, 1.54) is 22.9 Å². The number of thioether (sulfide) groups is 1. The Balaban J connectivity index is 2.18. The van der Waals surface area contributed by atoms with Gasteiger partial charge >= 0.3 is 0 Å². The van der Waals surface area contributed by atoms with Crippen LogP contribution in [0.2, 0.25) is 0 Å². The van der Waals surface area contributed by atoms with Crippen LogP contribution in [0.3, 0.4) is 0 Å². The van der Waals surface area contributed by atoms with Gasteiger partial charge in [-0.2, -0.15) is 0 Å². The molecule has 0 aliphatic carbocycles. The van der Waals surface area contributed by atoms with Gasteiger partial charge < -0.3 is 4.90 Å². The molecule has 2 heterocycles. The molecule has 1 atom stereocenters. The zero-order chi connectivity index (χ0) is 7.14. The monoisotopic (exact) mass is 159 g/mol. The fraction of sp³-hybridized carbons (Fsp3) is 0.500. The lowest BCUT2D eigenvalue weighted by molar-refractivity contribution is -0.137. The minimum absolute atomic E-state index is 0.0346. The van der Waals surface area contributed by atoms with Gasteiger partial charge in [-0.05, 0) is 0 Å². The molecule has 1 fully saturated rings. The lowest BCUT2D eigenvalue weighted by Crippen LogP contribution is -2.48. The lowest BCUT2D eigenvalue weighted by atomic mass is 10.2. The van der Waals surface area contributed by atoms with Crippen molar-refractivity contribution in [1.82, 2.24) is 4.90 Å². The van der Waals surface area contributed by atoms with Crippen LogP contribution in [-0.2, 0) is 4.79 Å². The molecule has 10 heavy (non-hydrogen) atoms. The molecule has 0 bridgehead atoms. The van der Waals surface area contributed by atoms with Gasteiger partial charge in [-0.15, -0.1) is 11.8 Å². The van der Waals surface area contributed by atoms with Crippen LogP contribution in [0.25, 0.3) is 0 Å². The average molecular weight is 159 g/mol. The van der Waals surface area contributed by atoms with E-state index in [4.69, 9.17) is 0 Å². The molecular formula is C6H6FNOS. The van der Waals surface area contributed by atoms with Crippen LogP contribution in [0, 0.1) is 0 Å². The van der Waals surface area contributed by atoms with Gasteiger partial charge in [0.25, 0.3) is 0 Å². The zero-order valence-corrected chi connectivity index (χ0v) is 6.03. The second kappa shape index (κ2) is 1.99. The molecule has 0 radical (unpaired) electrons. The van der Waals surface area contributed by atoms with Gasteiger partial charge in [0.2, 0.25) is 5.91 Å². The first-order chi connectivity index (χ1) is 4.77. The summed E-state index contributed by atoms with van der Waals surface area (Å²) >= 11 is 1.49. The SMILES string of the molecule is O=C1C[C@@H]2SCC(F)=CN12. The van der Waals surface area contributed by atoms with E-state index in [2.05, 4.69) is 0 Å². The maximum absolute atomic E-state index is 12.5. The average Bonchev–Trinajstić information content (AvgIpc) is 1.92. The van der Waals surface area contributed by atoms with Crippen molar-refractivity contribution in [2.45, 2.75) is 11.8 Å². The van der Waals surface area contributed by atoms with Crippen molar-refractivity contribution in [2.24, 2.45) is 0 Å². The summed E-state index contributed by atoms with van der Waals surface area (Å²) in [6.45, 7) is 0. The molecule has 4 heteroatoms. The summed E-state index contributed by atoms with van der Waals surface area (Å²) in [5.74, 6) is 0.260. The highest BCUT2D eigenvalue weighted by Gasteiger charge is 2.37. The van der Waals surface area contributed by atoms with Gasteiger partial charge in [0.1, 0.15) is 5.83 Å². The zero-order valence-electron chi connectivity index (χ0n) is 5.21. The topological polar surface area (TPSA) is 20.3 Å². The number of amides is 1. The number of β-lactam (4-membered cyclic amide) rings is 1. The van der Waals surface area contributed by atoms with Crippen molar-refractivity contribution in [3.05, 3.63) is 12.0 Å².